The zero-order valence-corrected chi connectivity index (χ0v) is 14.7. The predicted molar refractivity (Wildman–Crippen MR) is 95.2 cm³/mol. The summed E-state index contributed by atoms with van der Waals surface area (Å²) in [6.45, 7) is 3.22. The third-order valence-electron chi connectivity index (χ3n) is 5.48. The number of benzene rings is 1. The zero-order chi connectivity index (χ0) is 18.1. The Bertz CT molecular complexity index is 742. The van der Waals surface area contributed by atoms with Gasteiger partial charge in [-0.2, -0.15) is 0 Å². The van der Waals surface area contributed by atoms with Crippen LogP contribution in [0.1, 0.15) is 47.2 Å². The minimum absolute atomic E-state index is 0.115. The molecular weight excluding hydrogens is 332 g/mol. The molecule has 3 aliphatic rings. The number of carbonyl (C=O) groups is 3. The smallest absolute Gasteiger partial charge is 0.255 e. The lowest BCUT2D eigenvalue weighted by atomic mass is 10.0. The maximum atomic E-state index is 12.8. The highest BCUT2D eigenvalue weighted by atomic mass is 16.2. The van der Waals surface area contributed by atoms with Crippen molar-refractivity contribution >= 4 is 17.7 Å². The van der Waals surface area contributed by atoms with Crippen molar-refractivity contribution < 1.29 is 14.4 Å². The van der Waals surface area contributed by atoms with Crippen LogP contribution in [0.4, 0.5) is 0 Å². The molecule has 0 aromatic heterocycles. The van der Waals surface area contributed by atoms with Gasteiger partial charge in [0.25, 0.3) is 5.91 Å². The molecule has 7 heteroatoms. The Kier molecular flexibility index (Phi) is 4.74. The second-order valence-electron chi connectivity index (χ2n) is 7.32. The molecule has 0 spiro atoms. The van der Waals surface area contributed by atoms with Gasteiger partial charge in [0, 0.05) is 37.7 Å². The molecule has 3 heterocycles. The Hall–Kier alpha value is -2.25. The van der Waals surface area contributed by atoms with E-state index in [2.05, 4.69) is 16.0 Å². The minimum atomic E-state index is -0.553. The van der Waals surface area contributed by atoms with Crippen LogP contribution in [0.15, 0.2) is 18.2 Å². The largest absolute Gasteiger partial charge is 0.322 e. The van der Waals surface area contributed by atoms with E-state index in [1.54, 1.807) is 4.90 Å². The third-order valence-corrected chi connectivity index (χ3v) is 5.48. The molecule has 1 aromatic carbocycles. The van der Waals surface area contributed by atoms with Crippen LogP contribution in [0.2, 0.25) is 0 Å². The van der Waals surface area contributed by atoms with E-state index >= 15 is 0 Å². The van der Waals surface area contributed by atoms with Gasteiger partial charge in [0.2, 0.25) is 11.8 Å². The summed E-state index contributed by atoms with van der Waals surface area (Å²) in [5.41, 5.74) is 2.70. The molecule has 138 valence electrons. The Morgan fingerprint density at radius 2 is 2.08 bits per heavy atom. The lowest BCUT2D eigenvalue weighted by Gasteiger charge is -2.29. The van der Waals surface area contributed by atoms with Crippen molar-refractivity contribution in [3.63, 3.8) is 0 Å². The Morgan fingerprint density at radius 3 is 2.85 bits per heavy atom. The number of nitrogens with one attached hydrogen (secondary N) is 3. The van der Waals surface area contributed by atoms with E-state index in [0.29, 0.717) is 24.6 Å². The standard InChI is InChI=1S/C19H24N4O3/c24-17-6-5-16(18(25)22-17)23-11-13-4-3-12(8-15(13)19(23)26)9-21-14-2-1-7-20-10-14/h3-4,8,14,16,20-21H,1-2,5-7,9-11H2,(H,22,24,25)/t14-,16?/m0/s1. The summed E-state index contributed by atoms with van der Waals surface area (Å²) < 4.78 is 0. The molecule has 1 unspecified atom stereocenters. The average Bonchev–Trinajstić information content (AvgIpc) is 2.97. The highest BCUT2D eigenvalue weighted by Crippen LogP contribution is 2.28. The zero-order valence-electron chi connectivity index (χ0n) is 14.7. The summed E-state index contributed by atoms with van der Waals surface area (Å²) in [5, 5.41) is 9.26. The molecule has 26 heavy (non-hydrogen) atoms. The number of imide groups is 1. The Balaban J connectivity index is 1.43. The number of hydrogen-bond acceptors (Lipinski definition) is 5. The number of nitrogens with zero attached hydrogens (tertiary/aromatic N) is 1. The number of fused-ring (bicyclic) bond motifs is 1. The molecule has 3 N–H and O–H groups in total. The van der Waals surface area contributed by atoms with Gasteiger partial charge in [-0.1, -0.05) is 12.1 Å². The van der Waals surface area contributed by atoms with Crippen molar-refractivity contribution in [1.29, 1.82) is 0 Å². The van der Waals surface area contributed by atoms with E-state index in [9.17, 15) is 14.4 Å². The van der Waals surface area contributed by atoms with E-state index in [0.717, 1.165) is 30.8 Å². The lowest BCUT2D eigenvalue weighted by Crippen LogP contribution is -2.52. The van der Waals surface area contributed by atoms with Crippen LogP contribution in [-0.4, -0.2) is 47.8 Å². The van der Waals surface area contributed by atoms with Crippen LogP contribution in [0.25, 0.3) is 0 Å². The van der Waals surface area contributed by atoms with Gasteiger partial charge in [0.1, 0.15) is 6.04 Å². The monoisotopic (exact) mass is 356 g/mol. The molecule has 3 aliphatic heterocycles. The number of amides is 3. The van der Waals surface area contributed by atoms with Crippen LogP contribution in [0, 0.1) is 0 Å². The Labute approximate surface area is 152 Å². The van der Waals surface area contributed by atoms with Gasteiger partial charge >= 0.3 is 0 Å². The number of hydrogen-bond donors (Lipinski definition) is 3. The lowest BCUT2D eigenvalue weighted by molar-refractivity contribution is -0.136. The molecule has 7 nitrogen and oxygen atoms in total. The van der Waals surface area contributed by atoms with E-state index in [1.165, 1.54) is 12.8 Å². The summed E-state index contributed by atoms with van der Waals surface area (Å²) >= 11 is 0. The van der Waals surface area contributed by atoms with Crippen LogP contribution in [-0.2, 0) is 22.7 Å². The fraction of sp³-hybridized carbons (Fsp3) is 0.526. The van der Waals surface area contributed by atoms with Gasteiger partial charge < -0.3 is 15.5 Å². The van der Waals surface area contributed by atoms with Crippen molar-refractivity contribution in [2.45, 2.75) is 50.9 Å². The topological polar surface area (TPSA) is 90.5 Å². The van der Waals surface area contributed by atoms with Gasteiger partial charge in [-0.15, -0.1) is 0 Å². The fourth-order valence-corrected chi connectivity index (χ4v) is 4.00. The van der Waals surface area contributed by atoms with Crippen molar-refractivity contribution in [2.24, 2.45) is 0 Å². The molecular formula is C19H24N4O3. The molecule has 2 saturated heterocycles. The molecule has 2 atom stereocenters. The second kappa shape index (κ2) is 7.17. The quantitative estimate of drug-likeness (QED) is 0.675. The van der Waals surface area contributed by atoms with Crippen molar-refractivity contribution in [2.75, 3.05) is 13.1 Å². The van der Waals surface area contributed by atoms with Crippen molar-refractivity contribution in [1.82, 2.24) is 20.9 Å². The van der Waals surface area contributed by atoms with Gasteiger partial charge in [-0.3, -0.25) is 19.7 Å². The highest BCUT2D eigenvalue weighted by molar-refractivity contribution is 6.05. The van der Waals surface area contributed by atoms with E-state index in [1.807, 2.05) is 18.2 Å². The number of carbonyl (C=O) groups excluding carboxylic acids is 3. The van der Waals surface area contributed by atoms with Crippen LogP contribution in [0.3, 0.4) is 0 Å². The minimum Gasteiger partial charge on any atom is -0.322 e. The predicted octanol–water partition coefficient (Wildman–Crippen LogP) is 0.289. The van der Waals surface area contributed by atoms with Gasteiger partial charge in [-0.05, 0) is 43.0 Å². The van der Waals surface area contributed by atoms with Gasteiger partial charge in [-0.25, -0.2) is 0 Å². The van der Waals surface area contributed by atoms with Crippen LogP contribution >= 0.6 is 0 Å². The number of piperidine rings is 2. The molecule has 0 saturated carbocycles. The maximum absolute atomic E-state index is 12.8. The van der Waals surface area contributed by atoms with E-state index in [4.69, 9.17) is 0 Å². The molecule has 3 amide bonds. The van der Waals surface area contributed by atoms with Gasteiger partial charge in [0.05, 0.1) is 0 Å². The first-order valence-electron chi connectivity index (χ1n) is 9.32. The maximum Gasteiger partial charge on any atom is 0.255 e. The second-order valence-corrected chi connectivity index (χ2v) is 7.32. The van der Waals surface area contributed by atoms with Gasteiger partial charge in [0.15, 0.2) is 0 Å². The van der Waals surface area contributed by atoms with Crippen molar-refractivity contribution in [3.05, 3.63) is 34.9 Å². The molecule has 0 aliphatic carbocycles. The first-order chi connectivity index (χ1) is 12.6. The van der Waals surface area contributed by atoms with Crippen molar-refractivity contribution in [3.8, 4) is 0 Å². The number of rotatable bonds is 4. The summed E-state index contributed by atoms with van der Waals surface area (Å²) in [5.74, 6) is -0.745. The normalized spacial score (nSPS) is 26.0. The fourth-order valence-electron chi connectivity index (χ4n) is 4.00. The molecule has 4 rings (SSSR count). The highest BCUT2D eigenvalue weighted by Gasteiger charge is 2.39. The summed E-state index contributed by atoms with van der Waals surface area (Å²) in [6.07, 6.45) is 3.02. The summed E-state index contributed by atoms with van der Waals surface area (Å²) in [7, 11) is 0. The molecule has 1 aromatic rings. The van der Waals surface area contributed by atoms with E-state index in [-0.39, 0.29) is 24.1 Å². The summed E-state index contributed by atoms with van der Waals surface area (Å²) in [6, 6.07) is 5.88. The van der Waals surface area contributed by atoms with Crippen LogP contribution in [0.5, 0.6) is 0 Å². The summed E-state index contributed by atoms with van der Waals surface area (Å²) in [4.78, 5) is 37.8. The van der Waals surface area contributed by atoms with Crippen LogP contribution < -0.4 is 16.0 Å². The third kappa shape index (κ3) is 3.37. The van der Waals surface area contributed by atoms with E-state index < -0.39 is 6.04 Å². The SMILES string of the molecule is O=C1CCC(N2Cc3ccc(CN[C@H]4CCCNC4)cc3C2=O)C(=O)N1. The first-order valence-corrected chi connectivity index (χ1v) is 9.32. The molecule has 0 bridgehead atoms. The molecule has 2 fully saturated rings. The Morgan fingerprint density at radius 1 is 1.19 bits per heavy atom. The average molecular weight is 356 g/mol. The molecule has 0 radical (unpaired) electrons. The first kappa shape index (κ1) is 17.2.